The van der Waals surface area contributed by atoms with Gasteiger partial charge in [-0.1, -0.05) is 121 Å². The number of hydrogen-bond acceptors (Lipinski definition) is 3. The second kappa shape index (κ2) is 11.1. The number of hydrogen-bond donors (Lipinski definition) is 0. The average Bonchev–Trinajstić information content (AvgIpc) is 2.87. The van der Waals surface area contributed by atoms with Crippen molar-refractivity contribution in [1.29, 1.82) is 0 Å². The van der Waals surface area contributed by atoms with Gasteiger partial charge in [0.25, 0.3) is 0 Å². The van der Waals surface area contributed by atoms with Crippen LogP contribution in [0.2, 0.25) is 0 Å². The van der Waals surface area contributed by atoms with Crippen LogP contribution in [-0.2, 0) is 27.5 Å². The lowest BCUT2D eigenvalue weighted by Crippen LogP contribution is -2.33. The summed E-state index contributed by atoms with van der Waals surface area (Å²) < 4.78 is 12.0. The Morgan fingerprint density at radius 2 is 0.969 bits per heavy atom. The van der Waals surface area contributed by atoms with Gasteiger partial charge in [0.05, 0.1) is 6.61 Å². The summed E-state index contributed by atoms with van der Waals surface area (Å²) in [6.07, 6.45) is -0.788. The van der Waals surface area contributed by atoms with Crippen LogP contribution >= 0.6 is 0 Å². The highest BCUT2D eigenvalue weighted by atomic mass is 16.6. The molecule has 0 aliphatic carbocycles. The van der Waals surface area contributed by atoms with Crippen molar-refractivity contribution in [2.45, 2.75) is 25.2 Å². The fourth-order valence-corrected chi connectivity index (χ4v) is 3.73. The Balaban J connectivity index is 1.63. The average molecular weight is 423 g/mol. The molecule has 0 saturated carbocycles. The van der Waals surface area contributed by atoms with Crippen LogP contribution in [0.1, 0.15) is 28.2 Å². The molecule has 1 atom stereocenters. The summed E-state index contributed by atoms with van der Waals surface area (Å²) >= 11 is 0. The van der Waals surface area contributed by atoms with Crippen molar-refractivity contribution in [3.05, 3.63) is 144 Å². The molecule has 0 aliphatic heterocycles. The van der Waals surface area contributed by atoms with Crippen molar-refractivity contribution >= 4 is 5.97 Å². The zero-order valence-corrected chi connectivity index (χ0v) is 17.8. The molecule has 0 spiro atoms. The van der Waals surface area contributed by atoms with Crippen LogP contribution in [0, 0.1) is 0 Å². The summed E-state index contributed by atoms with van der Waals surface area (Å²) in [4.78, 5) is 13.4. The first-order valence-corrected chi connectivity index (χ1v) is 10.8. The Kier molecular flexibility index (Phi) is 7.46. The Morgan fingerprint density at radius 3 is 1.44 bits per heavy atom. The van der Waals surface area contributed by atoms with Crippen LogP contribution < -0.4 is 0 Å². The van der Waals surface area contributed by atoms with E-state index in [1.807, 2.05) is 121 Å². The van der Waals surface area contributed by atoms with Crippen LogP contribution in [0.25, 0.3) is 0 Å². The summed E-state index contributed by atoms with van der Waals surface area (Å²) in [5, 5.41) is 0. The molecule has 3 heteroatoms. The van der Waals surface area contributed by atoms with Gasteiger partial charge in [-0.2, -0.15) is 0 Å². The van der Waals surface area contributed by atoms with Crippen molar-refractivity contribution < 1.29 is 14.3 Å². The Bertz CT molecular complexity index is 1040. The molecule has 3 nitrogen and oxygen atoms in total. The van der Waals surface area contributed by atoms with Crippen molar-refractivity contribution in [3.8, 4) is 0 Å². The molecule has 160 valence electrons. The third-order valence-corrected chi connectivity index (χ3v) is 5.35. The number of ether oxygens (including phenoxy) is 2. The van der Waals surface area contributed by atoms with Crippen molar-refractivity contribution in [2.24, 2.45) is 0 Å². The maximum Gasteiger partial charge on any atom is 0.336 e. The van der Waals surface area contributed by atoms with Crippen LogP contribution in [0.3, 0.4) is 0 Å². The molecule has 0 saturated heterocycles. The zero-order valence-electron chi connectivity index (χ0n) is 17.8. The van der Waals surface area contributed by atoms with Crippen molar-refractivity contribution in [2.75, 3.05) is 0 Å². The number of benzene rings is 4. The van der Waals surface area contributed by atoms with Gasteiger partial charge in [-0.15, -0.1) is 0 Å². The lowest BCUT2D eigenvalue weighted by molar-refractivity contribution is -0.160. The van der Waals surface area contributed by atoms with Gasteiger partial charge in [0.2, 0.25) is 0 Å². The van der Waals surface area contributed by atoms with Gasteiger partial charge in [-0.25, -0.2) is 4.79 Å². The van der Waals surface area contributed by atoms with Gasteiger partial charge in [0.15, 0.2) is 6.10 Å². The van der Waals surface area contributed by atoms with E-state index >= 15 is 0 Å². The minimum Gasteiger partial charge on any atom is -0.459 e. The first kappa shape index (κ1) is 21.5. The molecular formula is C29H26O3. The molecular weight excluding hydrogens is 396 g/mol. The van der Waals surface area contributed by atoms with E-state index < -0.39 is 6.10 Å². The molecule has 4 rings (SSSR count). The summed E-state index contributed by atoms with van der Waals surface area (Å²) in [5.41, 5.74) is 3.97. The predicted octanol–water partition coefficient (Wildman–Crippen LogP) is 6.15. The maximum absolute atomic E-state index is 13.4. The Morgan fingerprint density at radius 1 is 0.562 bits per heavy atom. The zero-order chi connectivity index (χ0) is 22.0. The lowest BCUT2D eigenvalue weighted by Gasteiger charge is -2.27. The fraction of sp³-hybridized carbons (Fsp3) is 0.138. The second-order valence-corrected chi connectivity index (χ2v) is 7.61. The summed E-state index contributed by atoms with van der Waals surface area (Å²) in [6.45, 7) is 0.531. The SMILES string of the molecule is O=C(OCc1ccccc1)C(OCc1ccccc1)C(c1ccccc1)c1ccccc1. The Hall–Kier alpha value is -3.69. The van der Waals surface area contributed by atoms with E-state index in [4.69, 9.17) is 9.47 Å². The van der Waals surface area contributed by atoms with E-state index in [1.165, 1.54) is 0 Å². The molecule has 0 amide bonds. The molecule has 4 aromatic rings. The van der Waals surface area contributed by atoms with E-state index in [1.54, 1.807) is 0 Å². The number of rotatable bonds is 9. The standard InChI is InChI=1S/C29H26O3/c30-29(32-22-24-15-7-2-8-16-24)28(31-21-23-13-5-1-6-14-23)27(25-17-9-3-10-18-25)26-19-11-4-12-20-26/h1-20,27-28H,21-22H2. The molecule has 0 N–H and O–H groups in total. The molecule has 1 unspecified atom stereocenters. The quantitative estimate of drug-likeness (QED) is 0.304. The highest BCUT2D eigenvalue weighted by Gasteiger charge is 2.33. The van der Waals surface area contributed by atoms with Gasteiger partial charge in [0.1, 0.15) is 6.61 Å². The van der Waals surface area contributed by atoms with Gasteiger partial charge >= 0.3 is 5.97 Å². The second-order valence-electron chi connectivity index (χ2n) is 7.61. The van der Waals surface area contributed by atoms with Crippen LogP contribution in [0.15, 0.2) is 121 Å². The highest BCUT2D eigenvalue weighted by molar-refractivity contribution is 5.77. The van der Waals surface area contributed by atoms with Crippen LogP contribution in [0.5, 0.6) is 0 Å². The molecule has 32 heavy (non-hydrogen) atoms. The summed E-state index contributed by atoms with van der Waals surface area (Å²) in [7, 11) is 0. The van der Waals surface area contributed by atoms with Gasteiger partial charge in [0, 0.05) is 5.92 Å². The summed E-state index contributed by atoms with van der Waals surface area (Å²) in [5.74, 6) is -0.660. The molecule has 4 aromatic carbocycles. The minimum atomic E-state index is -0.788. The minimum absolute atomic E-state index is 0.209. The van der Waals surface area contributed by atoms with E-state index in [0.717, 1.165) is 22.3 Å². The predicted molar refractivity (Wildman–Crippen MR) is 126 cm³/mol. The third-order valence-electron chi connectivity index (χ3n) is 5.35. The van der Waals surface area contributed by atoms with Gasteiger partial charge < -0.3 is 9.47 Å². The Labute approximate surface area is 189 Å². The van der Waals surface area contributed by atoms with Crippen molar-refractivity contribution in [1.82, 2.24) is 0 Å². The molecule has 0 radical (unpaired) electrons. The molecule has 0 heterocycles. The largest absolute Gasteiger partial charge is 0.459 e. The first-order chi connectivity index (χ1) is 15.8. The van der Waals surface area contributed by atoms with Crippen LogP contribution in [-0.4, -0.2) is 12.1 Å². The normalized spacial score (nSPS) is 11.8. The van der Waals surface area contributed by atoms with Gasteiger partial charge in [-0.3, -0.25) is 0 Å². The van der Waals surface area contributed by atoms with Crippen molar-refractivity contribution in [3.63, 3.8) is 0 Å². The lowest BCUT2D eigenvalue weighted by atomic mass is 9.86. The topological polar surface area (TPSA) is 35.5 Å². The van der Waals surface area contributed by atoms with E-state index in [9.17, 15) is 4.79 Å². The number of carbonyl (C=O) groups excluding carboxylic acids is 1. The summed E-state index contributed by atoms with van der Waals surface area (Å²) in [6, 6.07) is 39.6. The molecule has 0 aliphatic rings. The maximum atomic E-state index is 13.4. The molecule has 0 bridgehead atoms. The molecule has 0 aromatic heterocycles. The smallest absolute Gasteiger partial charge is 0.336 e. The fourth-order valence-electron chi connectivity index (χ4n) is 3.73. The van der Waals surface area contributed by atoms with E-state index in [-0.39, 0.29) is 18.5 Å². The highest BCUT2D eigenvalue weighted by Crippen LogP contribution is 2.31. The number of carbonyl (C=O) groups is 1. The monoisotopic (exact) mass is 422 g/mol. The van der Waals surface area contributed by atoms with Crippen LogP contribution in [0.4, 0.5) is 0 Å². The molecule has 0 fully saturated rings. The number of esters is 1. The van der Waals surface area contributed by atoms with E-state index in [2.05, 4.69) is 0 Å². The van der Waals surface area contributed by atoms with E-state index in [0.29, 0.717) is 6.61 Å². The third kappa shape index (κ3) is 5.71. The van der Waals surface area contributed by atoms with Gasteiger partial charge in [-0.05, 0) is 22.3 Å². The first-order valence-electron chi connectivity index (χ1n) is 10.8.